The highest BCUT2D eigenvalue weighted by Crippen LogP contribution is 2.30. The van der Waals surface area contributed by atoms with E-state index in [9.17, 15) is 4.79 Å². The van der Waals surface area contributed by atoms with Crippen LogP contribution < -0.4 is 11.5 Å². The van der Waals surface area contributed by atoms with E-state index in [-0.39, 0.29) is 0 Å². The lowest BCUT2D eigenvalue weighted by Crippen LogP contribution is -2.70. The summed E-state index contributed by atoms with van der Waals surface area (Å²) in [6.07, 6.45) is -0.728. The number of ether oxygens (including phenoxy) is 4. The third-order valence-corrected chi connectivity index (χ3v) is 6.81. The number of nitrogens with zero attached hydrogens (tertiary/aromatic N) is 1. The van der Waals surface area contributed by atoms with Gasteiger partial charge in [-0.2, -0.15) is 0 Å². The molecule has 6 atom stereocenters. The molecule has 8 heteroatoms. The lowest BCUT2D eigenvalue weighted by molar-refractivity contribution is -0.147. The van der Waals surface area contributed by atoms with Crippen LogP contribution >= 0.6 is 0 Å². The number of benzene rings is 3. The minimum atomic E-state index is -0.684. The lowest BCUT2D eigenvalue weighted by atomic mass is 9.80. The predicted octanol–water partition coefficient (Wildman–Crippen LogP) is 4.19. The van der Waals surface area contributed by atoms with Gasteiger partial charge in [0.2, 0.25) is 0 Å². The van der Waals surface area contributed by atoms with Crippen molar-refractivity contribution < 1.29 is 23.7 Å². The second-order valence-corrected chi connectivity index (χ2v) is 11.2. The van der Waals surface area contributed by atoms with Crippen LogP contribution in [0.5, 0.6) is 0 Å². The van der Waals surface area contributed by atoms with Gasteiger partial charge in [-0.15, -0.1) is 0 Å². The minimum absolute atomic E-state index is 0.295. The molecule has 0 saturated heterocycles. The third kappa shape index (κ3) is 9.05. The van der Waals surface area contributed by atoms with E-state index >= 15 is 0 Å². The van der Waals surface area contributed by atoms with Crippen molar-refractivity contribution in [3.05, 3.63) is 108 Å². The number of hydrogen-bond acceptors (Lipinski definition) is 8. The standard InChI is InChI=1S/C33H41N3O5/c1-33(2,3)41-26(37)19-36-29-31(39-21-24-15-9-5-10-16-24)27(34)30(38-20-23-13-7-4-8-14-23)28(35)32(29)40-22-25-17-11-6-12-18-25/h4-19,27-32H,20-22,34-35H2,1-3H3/t27-,28+,29?,30?,31-,32+. The van der Waals surface area contributed by atoms with Crippen molar-refractivity contribution in [1.82, 2.24) is 0 Å². The highest BCUT2D eigenvalue weighted by atomic mass is 16.6. The van der Waals surface area contributed by atoms with Crippen LogP contribution in [-0.2, 0) is 43.6 Å². The maximum Gasteiger partial charge on any atom is 0.349 e. The fraction of sp³-hybridized carbons (Fsp3) is 0.394. The molecule has 2 unspecified atom stereocenters. The van der Waals surface area contributed by atoms with E-state index in [0.717, 1.165) is 16.7 Å². The minimum Gasteiger partial charge on any atom is -0.456 e. The Morgan fingerprint density at radius 1 is 0.683 bits per heavy atom. The Balaban J connectivity index is 1.63. The maximum atomic E-state index is 12.6. The number of nitrogens with two attached hydrogens (primary N) is 2. The Morgan fingerprint density at radius 3 is 1.41 bits per heavy atom. The molecule has 3 aromatic carbocycles. The van der Waals surface area contributed by atoms with Crippen LogP contribution in [0.25, 0.3) is 0 Å². The van der Waals surface area contributed by atoms with Gasteiger partial charge in [0.1, 0.15) is 30.1 Å². The molecule has 0 spiro atoms. The third-order valence-electron chi connectivity index (χ3n) is 6.81. The summed E-state index contributed by atoms with van der Waals surface area (Å²) in [5.41, 5.74) is 16.0. The summed E-state index contributed by atoms with van der Waals surface area (Å²) in [4.78, 5) is 17.3. The Morgan fingerprint density at radius 2 is 1.05 bits per heavy atom. The predicted molar refractivity (Wildman–Crippen MR) is 159 cm³/mol. The molecule has 0 aromatic heterocycles. The number of carbonyl (C=O) groups is 1. The zero-order valence-electron chi connectivity index (χ0n) is 24.0. The largest absolute Gasteiger partial charge is 0.456 e. The van der Waals surface area contributed by atoms with E-state index in [0.29, 0.717) is 19.8 Å². The van der Waals surface area contributed by atoms with Gasteiger partial charge in [-0.25, -0.2) is 4.79 Å². The smallest absolute Gasteiger partial charge is 0.349 e. The summed E-state index contributed by atoms with van der Waals surface area (Å²) in [6, 6.07) is 27.5. The summed E-state index contributed by atoms with van der Waals surface area (Å²) >= 11 is 0. The molecule has 0 radical (unpaired) electrons. The molecule has 41 heavy (non-hydrogen) atoms. The topological polar surface area (TPSA) is 118 Å². The van der Waals surface area contributed by atoms with E-state index in [1.165, 1.54) is 6.21 Å². The van der Waals surface area contributed by atoms with Crippen molar-refractivity contribution in [1.29, 1.82) is 0 Å². The molecule has 0 heterocycles. The molecule has 1 saturated carbocycles. The molecule has 3 aromatic rings. The van der Waals surface area contributed by atoms with Crippen molar-refractivity contribution >= 4 is 12.2 Å². The number of hydrogen-bond donors (Lipinski definition) is 2. The Hall–Kier alpha value is -3.40. The van der Waals surface area contributed by atoms with Gasteiger partial charge in [-0.3, -0.25) is 4.99 Å². The monoisotopic (exact) mass is 559 g/mol. The molecule has 8 nitrogen and oxygen atoms in total. The fourth-order valence-electron chi connectivity index (χ4n) is 4.86. The molecule has 4 N–H and O–H groups in total. The van der Waals surface area contributed by atoms with Gasteiger partial charge < -0.3 is 30.4 Å². The molecule has 218 valence electrons. The molecule has 0 bridgehead atoms. The van der Waals surface area contributed by atoms with E-state index in [1.807, 2.05) is 91.0 Å². The molecule has 0 amide bonds. The van der Waals surface area contributed by atoms with E-state index in [4.69, 9.17) is 30.4 Å². The number of carbonyl (C=O) groups excluding carboxylic acids is 1. The molecule has 0 aliphatic heterocycles. The molecule has 1 aliphatic carbocycles. The summed E-state index contributed by atoms with van der Waals surface area (Å²) < 4.78 is 24.7. The van der Waals surface area contributed by atoms with Crippen LogP contribution in [0.4, 0.5) is 0 Å². The Labute approximate surface area is 242 Å². The first kappa shape index (κ1) is 30.6. The van der Waals surface area contributed by atoms with E-state index in [1.54, 1.807) is 20.8 Å². The van der Waals surface area contributed by atoms with Gasteiger partial charge in [-0.1, -0.05) is 91.0 Å². The molecule has 4 rings (SSSR count). The summed E-state index contributed by atoms with van der Waals surface area (Å²) in [7, 11) is 0. The first-order valence-corrected chi connectivity index (χ1v) is 13.9. The maximum absolute atomic E-state index is 12.6. The molecule has 1 fully saturated rings. The number of esters is 1. The van der Waals surface area contributed by atoms with Crippen molar-refractivity contribution in [2.75, 3.05) is 0 Å². The highest BCUT2D eigenvalue weighted by Gasteiger charge is 2.50. The quantitative estimate of drug-likeness (QED) is 0.267. The average molecular weight is 560 g/mol. The number of rotatable bonds is 11. The normalized spacial score (nSPS) is 24.8. The van der Waals surface area contributed by atoms with Crippen molar-refractivity contribution in [2.24, 2.45) is 16.5 Å². The summed E-state index contributed by atoms with van der Waals surface area (Å²) in [5.74, 6) is -0.564. The Kier molecular flexibility index (Phi) is 10.8. The second-order valence-electron chi connectivity index (χ2n) is 11.2. The Bertz CT molecular complexity index is 1180. The van der Waals surface area contributed by atoms with Crippen molar-refractivity contribution in [3.8, 4) is 0 Å². The van der Waals surface area contributed by atoms with Gasteiger partial charge in [0.15, 0.2) is 0 Å². The van der Waals surface area contributed by atoms with Crippen molar-refractivity contribution in [2.45, 2.75) is 82.6 Å². The van der Waals surface area contributed by atoms with Gasteiger partial charge in [0.05, 0.1) is 38.0 Å². The van der Waals surface area contributed by atoms with Crippen LogP contribution in [0.2, 0.25) is 0 Å². The van der Waals surface area contributed by atoms with Gasteiger partial charge in [0, 0.05) is 0 Å². The van der Waals surface area contributed by atoms with E-state index < -0.39 is 48.0 Å². The highest BCUT2D eigenvalue weighted by molar-refractivity contribution is 6.23. The first-order chi connectivity index (χ1) is 19.7. The van der Waals surface area contributed by atoms with Crippen LogP contribution in [-0.4, -0.2) is 54.2 Å². The van der Waals surface area contributed by atoms with Crippen LogP contribution in [0.3, 0.4) is 0 Å². The molecular formula is C33H41N3O5. The van der Waals surface area contributed by atoms with Gasteiger partial charge in [-0.05, 0) is 37.5 Å². The van der Waals surface area contributed by atoms with Crippen LogP contribution in [0.1, 0.15) is 37.5 Å². The van der Waals surface area contributed by atoms with Crippen molar-refractivity contribution in [3.63, 3.8) is 0 Å². The summed E-state index contributed by atoms with van der Waals surface area (Å²) in [5, 5.41) is 0. The van der Waals surface area contributed by atoms with Crippen LogP contribution in [0, 0.1) is 0 Å². The van der Waals surface area contributed by atoms with Gasteiger partial charge >= 0.3 is 5.97 Å². The zero-order valence-corrected chi connectivity index (χ0v) is 24.0. The van der Waals surface area contributed by atoms with E-state index in [2.05, 4.69) is 4.99 Å². The van der Waals surface area contributed by atoms with Crippen LogP contribution in [0.15, 0.2) is 96.0 Å². The first-order valence-electron chi connectivity index (χ1n) is 13.9. The van der Waals surface area contributed by atoms with Gasteiger partial charge in [0.25, 0.3) is 0 Å². The molecular weight excluding hydrogens is 518 g/mol. The zero-order chi connectivity index (χ0) is 29.2. The summed E-state index contributed by atoms with van der Waals surface area (Å²) in [6.45, 7) is 6.33. The average Bonchev–Trinajstić information content (AvgIpc) is 2.96. The lowest BCUT2D eigenvalue weighted by Gasteiger charge is -2.47. The molecule has 1 aliphatic rings. The second kappa shape index (κ2) is 14.5. The number of aliphatic imine (C=N–C) groups is 1. The SMILES string of the molecule is CC(C)(C)OC(=O)C=NC1[C@@H](OCc2ccccc2)[C@@H](N)C(OCc2ccccc2)[C@@H](N)[C@H]1OCc1ccccc1. The fourth-order valence-corrected chi connectivity index (χ4v) is 4.86.